The SMILES string of the molecule is CCCCCCCC/C=C/C/C=C/CCCCC(=O)O[C@H](COC(=O)CCC/C=C/C/C=C/CCCCCCCCCCC)COP(=O)(O)OCC[N+](C)(C)C. The van der Waals surface area contributed by atoms with Gasteiger partial charge >= 0.3 is 19.8 Å². The minimum absolute atomic E-state index is 0.0186. The summed E-state index contributed by atoms with van der Waals surface area (Å²) in [7, 11) is 1.43. The fourth-order valence-corrected chi connectivity index (χ4v) is 6.53. The topological polar surface area (TPSA) is 108 Å². The van der Waals surface area contributed by atoms with Crippen molar-refractivity contribution in [3.05, 3.63) is 48.6 Å². The predicted molar refractivity (Wildman–Crippen MR) is 233 cm³/mol. The Morgan fingerprint density at radius 2 is 0.982 bits per heavy atom. The zero-order valence-corrected chi connectivity index (χ0v) is 37.5. The smallest absolute Gasteiger partial charge is 0.462 e. The number of ether oxygens (including phenoxy) is 2. The molecule has 1 N–H and O–H groups in total. The van der Waals surface area contributed by atoms with Crippen molar-refractivity contribution in [3.63, 3.8) is 0 Å². The summed E-state index contributed by atoms with van der Waals surface area (Å²) in [6, 6.07) is 0. The number of esters is 2. The molecule has 0 rings (SSSR count). The predicted octanol–water partition coefficient (Wildman–Crippen LogP) is 12.7. The van der Waals surface area contributed by atoms with E-state index in [1.54, 1.807) is 0 Å². The van der Waals surface area contributed by atoms with Gasteiger partial charge in [0.15, 0.2) is 6.10 Å². The van der Waals surface area contributed by atoms with Gasteiger partial charge in [-0.25, -0.2) is 4.57 Å². The lowest BCUT2D eigenvalue weighted by atomic mass is 10.1. The molecule has 0 aliphatic rings. The molecule has 0 bridgehead atoms. The maximum atomic E-state index is 12.7. The number of allylic oxidation sites excluding steroid dienone is 8. The number of quaternary nitrogens is 1. The maximum Gasteiger partial charge on any atom is 0.472 e. The molecular weight excluding hydrogens is 725 g/mol. The Balaban J connectivity index is 4.47. The van der Waals surface area contributed by atoms with Crippen molar-refractivity contribution in [2.45, 2.75) is 187 Å². The molecule has 0 aromatic carbocycles. The van der Waals surface area contributed by atoms with E-state index in [0.29, 0.717) is 23.9 Å². The monoisotopic (exact) mass is 811 g/mol. The van der Waals surface area contributed by atoms with Gasteiger partial charge in [0.2, 0.25) is 0 Å². The van der Waals surface area contributed by atoms with Gasteiger partial charge in [0.05, 0.1) is 27.7 Å². The normalized spacial score (nSPS) is 14.0. The quantitative estimate of drug-likeness (QED) is 0.0214. The van der Waals surface area contributed by atoms with Gasteiger partial charge in [-0.05, 0) is 70.6 Å². The molecular formula is C46H85NO8P+. The van der Waals surface area contributed by atoms with Crippen LogP contribution in [-0.2, 0) is 32.7 Å². The zero-order chi connectivity index (χ0) is 41.4. The van der Waals surface area contributed by atoms with Crippen LogP contribution in [0.3, 0.4) is 0 Å². The summed E-state index contributed by atoms with van der Waals surface area (Å²) in [5, 5.41) is 0. The first-order chi connectivity index (χ1) is 27.0. The molecule has 10 heteroatoms. The average molecular weight is 811 g/mol. The Morgan fingerprint density at radius 3 is 1.46 bits per heavy atom. The minimum atomic E-state index is -4.39. The van der Waals surface area contributed by atoms with Gasteiger partial charge in [0, 0.05) is 12.8 Å². The highest BCUT2D eigenvalue weighted by Crippen LogP contribution is 2.43. The van der Waals surface area contributed by atoms with E-state index in [0.717, 1.165) is 44.9 Å². The Kier molecular flexibility index (Phi) is 37.1. The van der Waals surface area contributed by atoms with Crippen LogP contribution >= 0.6 is 7.82 Å². The number of phosphoric ester groups is 1. The van der Waals surface area contributed by atoms with Crippen LogP contribution in [0.15, 0.2) is 48.6 Å². The summed E-state index contributed by atoms with van der Waals surface area (Å²) in [5.41, 5.74) is 0. The number of rotatable bonds is 40. The van der Waals surface area contributed by atoms with Gasteiger partial charge in [0.25, 0.3) is 0 Å². The lowest BCUT2D eigenvalue weighted by molar-refractivity contribution is -0.870. The summed E-state index contributed by atoms with van der Waals surface area (Å²) in [6.45, 7) is 4.32. The van der Waals surface area contributed by atoms with Crippen molar-refractivity contribution in [2.24, 2.45) is 0 Å². The third-order valence-electron chi connectivity index (χ3n) is 9.33. The molecule has 0 saturated carbocycles. The third-order valence-corrected chi connectivity index (χ3v) is 10.3. The number of unbranched alkanes of at least 4 members (excludes halogenated alkanes) is 18. The molecule has 1 unspecified atom stereocenters. The molecule has 326 valence electrons. The third kappa shape index (κ3) is 41.6. The van der Waals surface area contributed by atoms with Gasteiger partial charge in [0.1, 0.15) is 19.8 Å². The Bertz CT molecular complexity index is 1100. The average Bonchev–Trinajstić information content (AvgIpc) is 3.15. The first-order valence-corrected chi connectivity index (χ1v) is 23.9. The van der Waals surface area contributed by atoms with Gasteiger partial charge in [-0.3, -0.25) is 18.6 Å². The van der Waals surface area contributed by atoms with E-state index in [2.05, 4.69) is 62.5 Å². The standard InChI is InChI=1S/C46H84NO8P/c1-6-8-10-12-14-16-18-20-22-23-25-26-28-30-32-34-36-38-45(48)52-42-44(43-54-56(50,51)53-41-40-47(3,4)5)55-46(49)39-37-35-33-31-29-27-24-21-19-17-15-13-11-9-7-2/h21,24-26,29-32,44H,6-20,22-23,27-28,33-43H2,1-5H3/p+1/b24-21+,26-25+,31-29+,32-30+/t44-/m1/s1. The number of carbonyl (C=O) groups is 2. The van der Waals surface area contributed by atoms with E-state index < -0.39 is 32.5 Å². The molecule has 9 nitrogen and oxygen atoms in total. The van der Waals surface area contributed by atoms with Gasteiger partial charge in [-0.2, -0.15) is 0 Å². The molecule has 0 saturated heterocycles. The molecule has 0 radical (unpaired) electrons. The van der Waals surface area contributed by atoms with Crippen molar-refractivity contribution in [1.82, 2.24) is 0 Å². The van der Waals surface area contributed by atoms with Crippen LogP contribution in [0.5, 0.6) is 0 Å². The van der Waals surface area contributed by atoms with Crippen LogP contribution in [0, 0.1) is 0 Å². The van der Waals surface area contributed by atoms with Crippen molar-refractivity contribution in [3.8, 4) is 0 Å². The molecule has 0 aromatic heterocycles. The van der Waals surface area contributed by atoms with Gasteiger partial charge < -0.3 is 18.9 Å². The fraction of sp³-hybridized carbons (Fsp3) is 0.783. The maximum absolute atomic E-state index is 12.7. The first-order valence-electron chi connectivity index (χ1n) is 22.4. The lowest BCUT2D eigenvalue weighted by Gasteiger charge is -2.24. The van der Waals surface area contributed by atoms with Crippen LogP contribution in [0.4, 0.5) is 0 Å². The first kappa shape index (κ1) is 54.0. The molecule has 2 atom stereocenters. The fourth-order valence-electron chi connectivity index (χ4n) is 5.79. The summed E-state index contributed by atoms with van der Waals surface area (Å²) >= 11 is 0. The number of hydrogen-bond acceptors (Lipinski definition) is 7. The second-order valence-corrected chi connectivity index (χ2v) is 17.5. The van der Waals surface area contributed by atoms with Crippen LogP contribution in [0.1, 0.15) is 181 Å². The van der Waals surface area contributed by atoms with E-state index in [9.17, 15) is 19.0 Å². The second-order valence-electron chi connectivity index (χ2n) is 16.1. The summed E-state index contributed by atoms with van der Waals surface area (Å²) in [4.78, 5) is 35.3. The number of likely N-dealkylation sites (N-methyl/N-ethyl adjacent to an activating group) is 1. The number of phosphoric acid groups is 1. The van der Waals surface area contributed by atoms with Crippen LogP contribution in [-0.4, -0.2) is 74.9 Å². The molecule has 0 aliphatic carbocycles. The van der Waals surface area contributed by atoms with Gasteiger partial charge in [-0.15, -0.1) is 0 Å². The van der Waals surface area contributed by atoms with Crippen LogP contribution in [0.2, 0.25) is 0 Å². The van der Waals surface area contributed by atoms with E-state index >= 15 is 0 Å². The highest BCUT2D eigenvalue weighted by molar-refractivity contribution is 7.47. The molecule has 0 spiro atoms. The molecule has 0 aromatic rings. The number of carbonyl (C=O) groups excluding carboxylic acids is 2. The number of hydrogen-bond donors (Lipinski definition) is 1. The lowest BCUT2D eigenvalue weighted by Crippen LogP contribution is -2.37. The molecule has 0 amide bonds. The van der Waals surface area contributed by atoms with E-state index in [-0.39, 0.29) is 26.1 Å². The molecule has 56 heavy (non-hydrogen) atoms. The van der Waals surface area contributed by atoms with Crippen molar-refractivity contribution < 1.29 is 42.1 Å². The highest BCUT2D eigenvalue weighted by atomic mass is 31.2. The van der Waals surface area contributed by atoms with E-state index in [4.69, 9.17) is 18.5 Å². The van der Waals surface area contributed by atoms with Crippen molar-refractivity contribution in [1.29, 1.82) is 0 Å². The Hall–Kier alpha value is -2.03. The molecule has 0 fully saturated rings. The summed E-state index contributed by atoms with van der Waals surface area (Å²) in [6.07, 6.45) is 44.6. The minimum Gasteiger partial charge on any atom is -0.462 e. The summed E-state index contributed by atoms with van der Waals surface area (Å²) in [5.74, 6) is -0.891. The van der Waals surface area contributed by atoms with Crippen LogP contribution < -0.4 is 0 Å². The Labute approximate surface area is 343 Å². The van der Waals surface area contributed by atoms with Gasteiger partial charge in [-0.1, -0.05) is 146 Å². The molecule has 0 heterocycles. The summed E-state index contributed by atoms with van der Waals surface area (Å²) < 4.78 is 34.2. The zero-order valence-electron chi connectivity index (χ0n) is 36.6. The van der Waals surface area contributed by atoms with Crippen LogP contribution in [0.25, 0.3) is 0 Å². The van der Waals surface area contributed by atoms with Crippen molar-refractivity contribution >= 4 is 19.8 Å². The van der Waals surface area contributed by atoms with E-state index in [1.165, 1.54) is 96.3 Å². The highest BCUT2D eigenvalue weighted by Gasteiger charge is 2.27. The second kappa shape index (κ2) is 38.5. The Morgan fingerprint density at radius 1 is 0.554 bits per heavy atom. The van der Waals surface area contributed by atoms with E-state index in [1.807, 2.05) is 21.1 Å². The van der Waals surface area contributed by atoms with Crippen molar-refractivity contribution in [2.75, 3.05) is 47.5 Å². The molecule has 0 aliphatic heterocycles. The number of nitrogens with zero attached hydrogens (tertiary/aromatic N) is 1. The largest absolute Gasteiger partial charge is 0.472 e.